The first-order valence-corrected chi connectivity index (χ1v) is 9.35. The van der Waals surface area contributed by atoms with Crippen molar-refractivity contribution in [3.05, 3.63) is 107 Å². The molecule has 1 atom stereocenters. The van der Waals surface area contributed by atoms with Crippen molar-refractivity contribution in [1.82, 2.24) is 9.88 Å². The van der Waals surface area contributed by atoms with Gasteiger partial charge in [0.2, 0.25) is 0 Å². The van der Waals surface area contributed by atoms with E-state index in [1.165, 1.54) is 4.90 Å². The Balaban J connectivity index is 1.87. The van der Waals surface area contributed by atoms with E-state index in [1.54, 1.807) is 36.7 Å². The molecule has 4 rings (SSSR count). The van der Waals surface area contributed by atoms with Crippen molar-refractivity contribution >= 4 is 17.4 Å². The van der Waals surface area contributed by atoms with Crippen LogP contribution in [-0.4, -0.2) is 26.7 Å². The van der Waals surface area contributed by atoms with Gasteiger partial charge in [-0.25, -0.2) is 0 Å². The molecule has 1 amide bonds. The summed E-state index contributed by atoms with van der Waals surface area (Å²) in [6.45, 7) is 2.20. The van der Waals surface area contributed by atoms with Crippen LogP contribution in [0.2, 0.25) is 0 Å². The van der Waals surface area contributed by atoms with Gasteiger partial charge >= 0.3 is 0 Å². The second-order valence-corrected chi connectivity index (χ2v) is 7.06. The molecule has 5 nitrogen and oxygen atoms in total. The number of aliphatic hydroxyl groups is 1. The Hall–Kier alpha value is -3.73. The van der Waals surface area contributed by atoms with Crippen LogP contribution >= 0.6 is 0 Å². The van der Waals surface area contributed by atoms with Crippen molar-refractivity contribution in [3.63, 3.8) is 0 Å². The van der Waals surface area contributed by atoms with Gasteiger partial charge in [-0.1, -0.05) is 60.2 Å². The summed E-state index contributed by atoms with van der Waals surface area (Å²) in [5.41, 5.74) is 3.28. The number of pyridine rings is 1. The average Bonchev–Trinajstić information content (AvgIpc) is 2.99. The first kappa shape index (κ1) is 18.6. The molecule has 0 radical (unpaired) electrons. The fraction of sp³-hybridized carbons (Fsp3) is 0.125. The number of aliphatic hydroxyl groups excluding tert-OH is 1. The first-order chi connectivity index (χ1) is 14.1. The number of carbonyl (C=O) groups is 2. The highest BCUT2D eigenvalue weighted by atomic mass is 16.3. The van der Waals surface area contributed by atoms with E-state index >= 15 is 0 Å². The van der Waals surface area contributed by atoms with Crippen LogP contribution in [0.25, 0.3) is 5.76 Å². The van der Waals surface area contributed by atoms with Gasteiger partial charge in [-0.15, -0.1) is 0 Å². The zero-order valence-electron chi connectivity index (χ0n) is 15.9. The van der Waals surface area contributed by atoms with Gasteiger partial charge in [-0.2, -0.15) is 0 Å². The number of Topliss-reactive ketones (excluding diaryl/α,β-unsaturated/α-hetero) is 1. The Bertz CT molecular complexity index is 1090. The smallest absolute Gasteiger partial charge is 0.295 e. The molecule has 0 saturated carbocycles. The molecular weight excluding hydrogens is 364 g/mol. The third-order valence-electron chi connectivity index (χ3n) is 5.05. The van der Waals surface area contributed by atoms with Crippen molar-refractivity contribution in [2.24, 2.45) is 0 Å². The van der Waals surface area contributed by atoms with E-state index in [2.05, 4.69) is 4.98 Å². The van der Waals surface area contributed by atoms with Gasteiger partial charge in [0.1, 0.15) is 5.76 Å². The van der Waals surface area contributed by atoms with Gasteiger partial charge < -0.3 is 10.0 Å². The number of carbonyl (C=O) groups excluding carboxylic acids is 2. The number of likely N-dealkylation sites (tertiary alicyclic amines) is 1. The molecule has 1 saturated heterocycles. The van der Waals surface area contributed by atoms with Crippen molar-refractivity contribution < 1.29 is 14.7 Å². The summed E-state index contributed by atoms with van der Waals surface area (Å²) < 4.78 is 0. The topological polar surface area (TPSA) is 70.5 Å². The predicted octanol–water partition coefficient (Wildman–Crippen LogP) is 4.01. The van der Waals surface area contributed by atoms with Crippen LogP contribution in [0.15, 0.2) is 84.7 Å². The van der Waals surface area contributed by atoms with Crippen LogP contribution in [0.5, 0.6) is 0 Å². The number of amides is 1. The Morgan fingerprint density at radius 3 is 2.41 bits per heavy atom. The molecule has 1 N–H and O–H groups in total. The van der Waals surface area contributed by atoms with Crippen LogP contribution in [0, 0.1) is 6.92 Å². The minimum atomic E-state index is -0.674. The lowest BCUT2D eigenvalue weighted by molar-refractivity contribution is -0.140. The second-order valence-electron chi connectivity index (χ2n) is 7.06. The van der Waals surface area contributed by atoms with Crippen LogP contribution in [0.4, 0.5) is 0 Å². The summed E-state index contributed by atoms with van der Waals surface area (Å²) in [6, 6.07) is 19.4. The van der Waals surface area contributed by atoms with Crippen LogP contribution in [0.3, 0.4) is 0 Å². The molecule has 1 aliphatic rings. The Morgan fingerprint density at radius 2 is 1.72 bits per heavy atom. The molecule has 29 heavy (non-hydrogen) atoms. The first-order valence-electron chi connectivity index (χ1n) is 9.35. The minimum absolute atomic E-state index is 0.112. The largest absolute Gasteiger partial charge is 0.507 e. The Kier molecular flexibility index (Phi) is 4.96. The third-order valence-corrected chi connectivity index (χ3v) is 5.05. The molecule has 0 bridgehead atoms. The highest BCUT2D eigenvalue weighted by Gasteiger charge is 2.46. The summed E-state index contributed by atoms with van der Waals surface area (Å²) in [5.74, 6) is -1.45. The maximum Gasteiger partial charge on any atom is 0.295 e. The summed E-state index contributed by atoms with van der Waals surface area (Å²) in [7, 11) is 0. The quantitative estimate of drug-likeness (QED) is 0.419. The van der Waals surface area contributed by atoms with E-state index in [0.29, 0.717) is 5.56 Å². The highest BCUT2D eigenvalue weighted by molar-refractivity contribution is 6.46. The van der Waals surface area contributed by atoms with Gasteiger partial charge in [-0.3, -0.25) is 14.6 Å². The maximum absolute atomic E-state index is 13.0. The molecule has 1 aliphatic heterocycles. The second kappa shape index (κ2) is 7.72. The standard InChI is InChI=1S/C24H20N2O3/c1-16-6-5-9-19(14-16)21-20(22(27)18-7-3-2-4-8-18)23(28)24(29)26(21)15-17-10-12-25-13-11-17/h2-14,21,27H,15H2,1H3/b22-20-. The fourth-order valence-corrected chi connectivity index (χ4v) is 3.67. The summed E-state index contributed by atoms with van der Waals surface area (Å²) in [5, 5.41) is 11.0. The molecule has 144 valence electrons. The van der Waals surface area contributed by atoms with Crippen LogP contribution in [-0.2, 0) is 16.1 Å². The van der Waals surface area contributed by atoms with E-state index in [1.807, 2.05) is 49.4 Å². The Morgan fingerprint density at radius 1 is 1.00 bits per heavy atom. The van der Waals surface area contributed by atoms with E-state index in [4.69, 9.17) is 0 Å². The zero-order chi connectivity index (χ0) is 20.4. The van der Waals surface area contributed by atoms with E-state index in [-0.39, 0.29) is 17.9 Å². The van der Waals surface area contributed by atoms with Gasteiger partial charge in [0.05, 0.1) is 11.6 Å². The number of hydrogen-bond acceptors (Lipinski definition) is 4. The van der Waals surface area contributed by atoms with Crippen molar-refractivity contribution in [2.75, 3.05) is 0 Å². The number of nitrogens with zero attached hydrogens (tertiary/aromatic N) is 2. The van der Waals surface area contributed by atoms with Crippen molar-refractivity contribution in [3.8, 4) is 0 Å². The molecule has 1 fully saturated rings. The van der Waals surface area contributed by atoms with Gasteiger partial charge in [0.25, 0.3) is 11.7 Å². The number of rotatable bonds is 4. The summed E-state index contributed by atoms with van der Waals surface area (Å²) >= 11 is 0. The number of aromatic nitrogens is 1. The van der Waals surface area contributed by atoms with Gasteiger partial charge in [0, 0.05) is 24.5 Å². The zero-order valence-corrected chi connectivity index (χ0v) is 15.9. The molecule has 1 aromatic heterocycles. The fourth-order valence-electron chi connectivity index (χ4n) is 3.67. The molecule has 2 heterocycles. The van der Waals surface area contributed by atoms with E-state index < -0.39 is 17.7 Å². The Labute approximate surface area is 169 Å². The van der Waals surface area contributed by atoms with Gasteiger partial charge in [-0.05, 0) is 30.2 Å². The maximum atomic E-state index is 13.0. The lowest BCUT2D eigenvalue weighted by Gasteiger charge is -2.25. The number of benzene rings is 2. The normalized spacial score (nSPS) is 18.2. The number of ketones is 1. The summed E-state index contributed by atoms with van der Waals surface area (Å²) in [6.07, 6.45) is 3.30. The highest BCUT2D eigenvalue weighted by Crippen LogP contribution is 2.40. The number of hydrogen-bond donors (Lipinski definition) is 1. The molecule has 5 heteroatoms. The van der Waals surface area contributed by atoms with Crippen LogP contribution < -0.4 is 0 Å². The van der Waals surface area contributed by atoms with E-state index in [0.717, 1.165) is 16.7 Å². The molecule has 3 aromatic rings. The minimum Gasteiger partial charge on any atom is -0.507 e. The monoisotopic (exact) mass is 384 g/mol. The van der Waals surface area contributed by atoms with E-state index in [9.17, 15) is 14.7 Å². The number of aryl methyl sites for hydroxylation is 1. The molecular formula is C24H20N2O3. The van der Waals surface area contributed by atoms with Crippen molar-refractivity contribution in [1.29, 1.82) is 0 Å². The summed E-state index contributed by atoms with van der Waals surface area (Å²) in [4.78, 5) is 31.4. The lowest BCUT2D eigenvalue weighted by Crippen LogP contribution is -2.29. The lowest BCUT2D eigenvalue weighted by atomic mass is 9.94. The molecule has 2 aromatic carbocycles. The molecule has 0 spiro atoms. The third kappa shape index (κ3) is 3.55. The molecule has 0 aliphatic carbocycles. The average molecular weight is 384 g/mol. The van der Waals surface area contributed by atoms with Crippen LogP contribution in [0.1, 0.15) is 28.3 Å². The van der Waals surface area contributed by atoms with Gasteiger partial charge in [0.15, 0.2) is 0 Å². The predicted molar refractivity (Wildman–Crippen MR) is 110 cm³/mol. The van der Waals surface area contributed by atoms with Crippen molar-refractivity contribution in [2.45, 2.75) is 19.5 Å². The molecule has 1 unspecified atom stereocenters. The SMILES string of the molecule is Cc1cccc(C2/C(=C(/O)c3ccccc3)C(=O)C(=O)N2Cc2ccncc2)c1.